The fourth-order valence-electron chi connectivity index (χ4n) is 7.88. The lowest BCUT2D eigenvalue weighted by atomic mass is 9.48. The van der Waals surface area contributed by atoms with Crippen molar-refractivity contribution in [1.29, 1.82) is 0 Å². The Morgan fingerprint density at radius 1 is 1.09 bits per heavy atom. The molecule has 5 rings (SSSR count). The molecule has 0 aromatic heterocycles. The molecule has 0 spiro atoms. The number of fused-ring (bicyclic) bond motifs is 5. The first-order valence-corrected chi connectivity index (χ1v) is 12.9. The molecule has 178 valence electrons. The van der Waals surface area contributed by atoms with Crippen LogP contribution in [0.2, 0.25) is 10.0 Å². The normalized spacial score (nSPS) is 39.5. The predicted octanol–water partition coefficient (Wildman–Crippen LogP) is 6.12. The van der Waals surface area contributed by atoms with Gasteiger partial charge < -0.3 is 15.5 Å². The first kappa shape index (κ1) is 23.0. The summed E-state index contributed by atoms with van der Waals surface area (Å²) in [5.41, 5.74) is 0.697. The number of hydrogen-bond donors (Lipinski definition) is 2. The molecule has 33 heavy (non-hydrogen) atoms. The number of amides is 3. The Morgan fingerprint density at radius 2 is 1.88 bits per heavy atom. The van der Waals surface area contributed by atoms with Gasteiger partial charge in [-0.3, -0.25) is 4.79 Å². The smallest absolute Gasteiger partial charge is 0.319 e. The van der Waals surface area contributed by atoms with E-state index < -0.39 is 0 Å². The van der Waals surface area contributed by atoms with Crippen LogP contribution in [0.4, 0.5) is 10.5 Å². The van der Waals surface area contributed by atoms with Crippen LogP contribution in [0.25, 0.3) is 0 Å². The number of carbonyl (C=O) groups excluding carboxylic acids is 2. The zero-order valence-corrected chi connectivity index (χ0v) is 21.0. The van der Waals surface area contributed by atoms with Crippen LogP contribution >= 0.6 is 23.2 Å². The van der Waals surface area contributed by atoms with E-state index >= 15 is 0 Å². The number of nitrogens with one attached hydrogen (secondary N) is 2. The lowest BCUT2D eigenvalue weighted by molar-refractivity contribution is -0.138. The van der Waals surface area contributed by atoms with Crippen molar-refractivity contribution >= 4 is 40.8 Å². The zero-order valence-electron chi connectivity index (χ0n) is 19.5. The molecule has 4 aliphatic rings. The minimum Gasteiger partial charge on any atom is -0.338 e. The Balaban J connectivity index is 1.31. The summed E-state index contributed by atoms with van der Waals surface area (Å²) in [6.07, 6.45) is 10.6. The summed E-state index contributed by atoms with van der Waals surface area (Å²) >= 11 is 12.2. The van der Waals surface area contributed by atoms with Gasteiger partial charge in [0.15, 0.2) is 0 Å². The molecule has 0 bridgehead atoms. The summed E-state index contributed by atoms with van der Waals surface area (Å²) in [6, 6.07) is 5.32. The molecule has 7 atom stereocenters. The second kappa shape index (κ2) is 8.20. The fraction of sp³-hybridized carbons (Fsp3) is 0.615. The molecule has 0 unspecified atom stereocenters. The molecule has 3 saturated carbocycles. The van der Waals surface area contributed by atoms with Gasteiger partial charge in [0.25, 0.3) is 0 Å². The molecule has 5 nitrogen and oxygen atoms in total. The van der Waals surface area contributed by atoms with E-state index in [0.29, 0.717) is 39.5 Å². The highest BCUT2D eigenvalue weighted by Crippen LogP contribution is 2.63. The largest absolute Gasteiger partial charge is 0.338 e. The number of carbonyl (C=O) groups is 2. The average molecular weight is 490 g/mol. The number of benzene rings is 1. The van der Waals surface area contributed by atoms with Crippen LogP contribution in [0.5, 0.6) is 0 Å². The van der Waals surface area contributed by atoms with Gasteiger partial charge in [0.05, 0.1) is 10.7 Å². The van der Waals surface area contributed by atoms with E-state index in [2.05, 4.69) is 30.6 Å². The summed E-state index contributed by atoms with van der Waals surface area (Å²) in [5.74, 6) is 1.95. The Kier molecular flexibility index (Phi) is 5.72. The van der Waals surface area contributed by atoms with Gasteiger partial charge in [0.2, 0.25) is 5.91 Å². The maximum Gasteiger partial charge on any atom is 0.319 e. The predicted molar refractivity (Wildman–Crippen MR) is 132 cm³/mol. The molecule has 1 aliphatic heterocycles. The number of hydrogen-bond acceptors (Lipinski definition) is 2. The van der Waals surface area contributed by atoms with Crippen molar-refractivity contribution in [3.63, 3.8) is 0 Å². The summed E-state index contributed by atoms with van der Waals surface area (Å²) in [6.45, 7) is 4.74. The number of halogens is 2. The lowest BCUT2D eigenvalue weighted by Gasteiger charge is -2.60. The van der Waals surface area contributed by atoms with Crippen LogP contribution in [0.3, 0.4) is 0 Å². The second-order valence-electron chi connectivity index (χ2n) is 11.0. The Hall–Kier alpha value is -1.72. The van der Waals surface area contributed by atoms with Gasteiger partial charge in [-0.2, -0.15) is 0 Å². The van der Waals surface area contributed by atoms with Crippen LogP contribution < -0.4 is 10.6 Å². The van der Waals surface area contributed by atoms with E-state index in [9.17, 15) is 9.59 Å². The van der Waals surface area contributed by atoms with Crippen LogP contribution in [-0.4, -0.2) is 36.0 Å². The maximum atomic E-state index is 12.9. The molecule has 1 aromatic rings. The number of anilines is 1. The minimum atomic E-state index is -0.209. The highest BCUT2D eigenvalue weighted by molar-refractivity contribution is 6.36. The number of rotatable bonds is 2. The van der Waals surface area contributed by atoms with Crippen molar-refractivity contribution in [3.8, 4) is 0 Å². The number of urea groups is 1. The van der Waals surface area contributed by atoms with E-state index in [1.54, 1.807) is 24.3 Å². The van der Waals surface area contributed by atoms with Gasteiger partial charge in [-0.25, -0.2) is 4.79 Å². The Bertz CT molecular complexity index is 1010. The van der Waals surface area contributed by atoms with E-state index in [4.69, 9.17) is 23.2 Å². The summed E-state index contributed by atoms with van der Waals surface area (Å²) in [5, 5.41) is 7.15. The lowest BCUT2D eigenvalue weighted by Crippen LogP contribution is -2.60. The standard InChI is InChI=1S/C26H33Cl2N3O2/c1-25-12-10-18-16(5-9-22-26(18,2)13-11-23(32)31(22)3)17(25)6-8-21(25)30-24(33)29-20-7-4-15(27)14-19(20)28/h4,7,11,13-14,16-18,21-22H,5-6,8-10,12H2,1-3H3,(H2,29,30,33)/t16-,17-,18-,21-,22+,25-,26+/m0/s1. The number of nitrogens with zero attached hydrogens (tertiary/aromatic N) is 1. The van der Waals surface area contributed by atoms with Crippen molar-refractivity contribution in [2.24, 2.45) is 28.6 Å². The molecule has 1 aromatic carbocycles. The zero-order chi connectivity index (χ0) is 23.5. The highest BCUT2D eigenvalue weighted by atomic mass is 35.5. The van der Waals surface area contributed by atoms with E-state index in [1.165, 1.54) is 0 Å². The summed E-state index contributed by atoms with van der Waals surface area (Å²) in [4.78, 5) is 27.1. The number of likely N-dealkylation sites (N-methyl/N-ethyl adjacent to an activating group) is 1. The van der Waals surface area contributed by atoms with Crippen molar-refractivity contribution in [2.45, 2.75) is 64.5 Å². The molecule has 0 radical (unpaired) electrons. The first-order chi connectivity index (χ1) is 15.6. The molecular weight excluding hydrogens is 457 g/mol. The van der Waals surface area contributed by atoms with E-state index in [-0.39, 0.29) is 28.8 Å². The van der Waals surface area contributed by atoms with Crippen molar-refractivity contribution in [1.82, 2.24) is 10.2 Å². The first-order valence-electron chi connectivity index (χ1n) is 12.1. The van der Waals surface area contributed by atoms with Gasteiger partial charge in [0, 0.05) is 29.6 Å². The van der Waals surface area contributed by atoms with Crippen LogP contribution in [0.15, 0.2) is 30.4 Å². The summed E-state index contributed by atoms with van der Waals surface area (Å²) in [7, 11) is 1.96. The van der Waals surface area contributed by atoms with Gasteiger partial charge >= 0.3 is 6.03 Å². The quantitative estimate of drug-likeness (QED) is 0.525. The third kappa shape index (κ3) is 3.67. The van der Waals surface area contributed by atoms with E-state index in [0.717, 1.165) is 38.5 Å². The topological polar surface area (TPSA) is 61.4 Å². The third-order valence-electron chi connectivity index (χ3n) is 9.61. The van der Waals surface area contributed by atoms with Crippen molar-refractivity contribution < 1.29 is 9.59 Å². The van der Waals surface area contributed by atoms with Gasteiger partial charge in [0.1, 0.15) is 0 Å². The Morgan fingerprint density at radius 3 is 2.64 bits per heavy atom. The van der Waals surface area contributed by atoms with Gasteiger partial charge in [-0.05, 0) is 86.0 Å². The fourth-order valence-corrected chi connectivity index (χ4v) is 8.34. The van der Waals surface area contributed by atoms with Gasteiger partial charge in [-0.1, -0.05) is 43.1 Å². The second-order valence-corrected chi connectivity index (χ2v) is 11.9. The SMILES string of the molecule is CN1C(=O)C=C[C@]2(C)[C@H]3CC[C@]4(C)[C@@H](NC(=O)Nc5ccc(Cl)cc5Cl)CC[C@H]4[C@@H]3CC[C@@H]12. The molecule has 3 fully saturated rings. The Labute approximate surface area is 206 Å². The van der Waals surface area contributed by atoms with Crippen molar-refractivity contribution in [3.05, 3.63) is 40.4 Å². The van der Waals surface area contributed by atoms with Crippen molar-refractivity contribution in [2.75, 3.05) is 12.4 Å². The molecule has 0 saturated heterocycles. The van der Waals surface area contributed by atoms with E-state index in [1.807, 2.05) is 11.9 Å². The molecule has 7 heteroatoms. The van der Waals surface area contributed by atoms with Crippen LogP contribution in [0.1, 0.15) is 52.4 Å². The minimum absolute atomic E-state index is 0.0428. The maximum absolute atomic E-state index is 12.9. The molecule has 1 heterocycles. The summed E-state index contributed by atoms with van der Waals surface area (Å²) < 4.78 is 0. The average Bonchev–Trinajstić information content (AvgIpc) is 3.09. The third-order valence-corrected chi connectivity index (χ3v) is 10.2. The van der Waals surface area contributed by atoms with Crippen LogP contribution in [0, 0.1) is 28.6 Å². The molecule has 3 aliphatic carbocycles. The highest BCUT2D eigenvalue weighted by Gasteiger charge is 2.60. The molecular formula is C26H33Cl2N3O2. The molecule has 2 N–H and O–H groups in total. The monoisotopic (exact) mass is 489 g/mol. The molecule has 3 amide bonds. The van der Waals surface area contributed by atoms with Crippen LogP contribution in [-0.2, 0) is 4.79 Å². The van der Waals surface area contributed by atoms with Gasteiger partial charge in [-0.15, -0.1) is 0 Å².